The molecule has 0 aliphatic carbocycles. The molecule has 0 aliphatic heterocycles. The Balaban J connectivity index is 2.34. The summed E-state index contributed by atoms with van der Waals surface area (Å²) in [6.07, 6.45) is 0.198. The van der Waals surface area contributed by atoms with Gasteiger partial charge in [-0.15, -0.1) is 0 Å². The highest BCUT2D eigenvalue weighted by atomic mass is 79.9. The summed E-state index contributed by atoms with van der Waals surface area (Å²) < 4.78 is 28.1. The van der Waals surface area contributed by atoms with Crippen molar-refractivity contribution in [3.63, 3.8) is 0 Å². The quantitative estimate of drug-likeness (QED) is 0.853. The molecule has 1 unspecified atom stereocenters. The van der Waals surface area contributed by atoms with Gasteiger partial charge in [0.05, 0.1) is 16.2 Å². The summed E-state index contributed by atoms with van der Waals surface area (Å²) in [7, 11) is 1.75. The first-order chi connectivity index (χ1) is 9.52. The van der Waals surface area contributed by atoms with Gasteiger partial charge in [-0.25, -0.2) is 8.78 Å². The molecule has 1 atom stereocenters. The third-order valence-corrected chi connectivity index (χ3v) is 3.77. The minimum atomic E-state index is -0.557. The Morgan fingerprint density at radius 3 is 2.65 bits per heavy atom. The van der Waals surface area contributed by atoms with Crippen molar-refractivity contribution in [2.75, 3.05) is 7.05 Å². The molecule has 106 valence electrons. The number of aromatic nitrogens is 1. The van der Waals surface area contributed by atoms with Crippen LogP contribution in [-0.4, -0.2) is 12.0 Å². The summed E-state index contributed by atoms with van der Waals surface area (Å²) in [6, 6.07) is 8.01. The van der Waals surface area contributed by atoms with E-state index in [2.05, 4.69) is 26.2 Å². The van der Waals surface area contributed by atoms with Crippen LogP contribution in [0.4, 0.5) is 8.78 Å². The molecule has 0 fully saturated rings. The molecule has 2 nitrogen and oxygen atoms in total. The fraction of sp³-hybridized carbons (Fsp3) is 0.267. The van der Waals surface area contributed by atoms with Gasteiger partial charge in [-0.3, -0.25) is 4.98 Å². The zero-order chi connectivity index (χ0) is 14.7. The van der Waals surface area contributed by atoms with Crippen LogP contribution < -0.4 is 5.32 Å². The van der Waals surface area contributed by atoms with Gasteiger partial charge < -0.3 is 5.32 Å². The van der Waals surface area contributed by atoms with E-state index >= 15 is 0 Å². The molecule has 5 heteroatoms. The molecule has 0 spiro atoms. The molecule has 0 saturated carbocycles. The number of pyridine rings is 1. The Labute approximate surface area is 125 Å². The summed E-state index contributed by atoms with van der Waals surface area (Å²) in [5.41, 5.74) is 1.70. The Bertz CT molecular complexity index is 617. The van der Waals surface area contributed by atoms with E-state index in [1.54, 1.807) is 7.05 Å². The first kappa shape index (κ1) is 15.1. The lowest BCUT2D eigenvalue weighted by atomic mass is 10.0. The predicted octanol–water partition coefficient (Wildman–Crippen LogP) is 3.93. The molecular weight excluding hydrogens is 326 g/mol. The fourth-order valence-corrected chi connectivity index (χ4v) is 2.44. The molecule has 1 N–H and O–H groups in total. The lowest BCUT2D eigenvalue weighted by molar-refractivity contribution is 0.506. The topological polar surface area (TPSA) is 24.9 Å². The van der Waals surface area contributed by atoms with E-state index in [0.717, 1.165) is 11.4 Å². The predicted molar refractivity (Wildman–Crippen MR) is 78.5 cm³/mol. The van der Waals surface area contributed by atoms with Gasteiger partial charge in [0.2, 0.25) is 0 Å². The zero-order valence-electron chi connectivity index (χ0n) is 11.3. The summed E-state index contributed by atoms with van der Waals surface area (Å²) >= 11 is 3.08. The standard InChI is InChI=1S/C15H15BrF2N2/c1-9-4-3-5-13(20-9)14(19-2)8-10-12(17)7-6-11(16)15(10)18/h3-7,14,19H,8H2,1-2H3. The van der Waals surface area contributed by atoms with E-state index in [4.69, 9.17) is 0 Å². The number of likely N-dealkylation sites (N-methyl/N-ethyl adjacent to an activating group) is 1. The number of nitrogens with zero attached hydrogens (tertiary/aromatic N) is 1. The number of nitrogens with one attached hydrogen (secondary N) is 1. The van der Waals surface area contributed by atoms with Gasteiger partial charge in [-0.2, -0.15) is 0 Å². The van der Waals surface area contributed by atoms with Crippen LogP contribution in [-0.2, 0) is 6.42 Å². The maximum atomic E-state index is 14.0. The van der Waals surface area contributed by atoms with E-state index in [1.807, 2.05) is 25.1 Å². The van der Waals surface area contributed by atoms with Crippen molar-refractivity contribution in [2.45, 2.75) is 19.4 Å². The highest BCUT2D eigenvalue weighted by Gasteiger charge is 2.19. The van der Waals surface area contributed by atoms with Crippen molar-refractivity contribution in [3.8, 4) is 0 Å². The number of hydrogen-bond acceptors (Lipinski definition) is 2. The molecule has 0 aliphatic rings. The molecule has 20 heavy (non-hydrogen) atoms. The molecule has 2 rings (SSSR count). The summed E-state index contributed by atoms with van der Waals surface area (Å²) in [6.45, 7) is 1.89. The van der Waals surface area contributed by atoms with Crippen molar-refractivity contribution in [3.05, 3.63) is 63.4 Å². The summed E-state index contributed by atoms with van der Waals surface area (Å²) in [5, 5.41) is 3.06. The van der Waals surface area contributed by atoms with Gasteiger partial charge in [0, 0.05) is 11.3 Å². The number of aryl methyl sites for hydroxylation is 1. The molecule has 1 aromatic carbocycles. The molecule has 0 radical (unpaired) electrons. The van der Waals surface area contributed by atoms with Crippen LogP contribution in [0, 0.1) is 18.6 Å². The average Bonchev–Trinajstić information content (AvgIpc) is 2.43. The van der Waals surface area contributed by atoms with Crippen LogP contribution in [0.25, 0.3) is 0 Å². The lowest BCUT2D eigenvalue weighted by Crippen LogP contribution is -2.21. The maximum absolute atomic E-state index is 14.0. The number of benzene rings is 1. The third kappa shape index (κ3) is 3.22. The zero-order valence-corrected chi connectivity index (χ0v) is 12.8. The Morgan fingerprint density at radius 2 is 2.00 bits per heavy atom. The van der Waals surface area contributed by atoms with Crippen LogP contribution in [0.2, 0.25) is 0 Å². The van der Waals surface area contributed by atoms with Crippen LogP contribution in [0.1, 0.15) is 23.0 Å². The molecule has 2 aromatic rings. The monoisotopic (exact) mass is 340 g/mol. The van der Waals surface area contributed by atoms with Gasteiger partial charge >= 0.3 is 0 Å². The van der Waals surface area contributed by atoms with E-state index in [9.17, 15) is 8.78 Å². The van der Waals surface area contributed by atoms with Gasteiger partial charge in [0.1, 0.15) is 11.6 Å². The highest BCUT2D eigenvalue weighted by molar-refractivity contribution is 9.10. The second-order valence-electron chi connectivity index (χ2n) is 4.57. The van der Waals surface area contributed by atoms with E-state index in [1.165, 1.54) is 12.1 Å². The largest absolute Gasteiger partial charge is 0.311 e. The maximum Gasteiger partial charge on any atom is 0.143 e. The van der Waals surface area contributed by atoms with E-state index in [0.29, 0.717) is 0 Å². The second kappa shape index (κ2) is 6.41. The summed E-state index contributed by atoms with van der Waals surface area (Å²) in [5.74, 6) is -1.10. The summed E-state index contributed by atoms with van der Waals surface area (Å²) in [4.78, 5) is 4.40. The first-order valence-electron chi connectivity index (χ1n) is 6.26. The minimum Gasteiger partial charge on any atom is -0.311 e. The molecule has 1 heterocycles. The van der Waals surface area contributed by atoms with Gasteiger partial charge in [0.25, 0.3) is 0 Å². The smallest absolute Gasteiger partial charge is 0.143 e. The van der Waals surface area contributed by atoms with Crippen LogP contribution in [0.5, 0.6) is 0 Å². The van der Waals surface area contributed by atoms with Gasteiger partial charge in [-0.1, -0.05) is 6.07 Å². The van der Waals surface area contributed by atoms with Crippen LogP contribution >= 0.6 is 15.9 Å². The van der Waals surface area contributed by atoms with Crippen molar-refractivity contribution in [1.82, 2.24) is 10.3 Å². The van der Waals surface area contributed by atoms with Gasteiger partial charge in [0.15, 0.2) is 0 Å². The Hall–Kier alpha value is -1.33. The molecule has 0 bridgehead atoms. The number of hydrogen-bond donors (Lipinski definition) is 1. The first-order valence-corrected chi connectivity index (χ1v) is 7.05. The second-order valence-corrected chi connectivity index (χ2v) is 5.43. The Kier molecular flexibility index (Phi) is 4.83. The van der Waals surface area contributed by atoms with Gasteiger partial charge in [-0.05, 0) is 60.6 Å². The van der Waals surface area contributed by atoms with Crippen molar-refractivity contribution in [1.29, 1.82) is 0 Å². The SMILES string of the molecule is CNC(Cc1c(F)ccc(Br)c1F)c1cccc(C)n1. The molecule has 0 amide bonds. The molecule has 0 saturated heterocycles. The van der Waals surface area contributed by atoms with Crippen molar-refractivity contribution in [2.24, 2.45) is 0 Å². The lowest BCUT2D eigenvalue weighted by Gasteiger charge is -2.17. The van der Waals surface area contributed by atoms with Crippen molar-refractivity contribution >= 4 is 15.9 Å². The van der Waals surface area contributed by atoms with Crippen LogP contribution in [0.3, 0.4) is 0 Å². The number of halogens is 3. The molecule has 1 aromatic heterocycles. The Morgan fingerprint density at radius 1 is 1.25 bits per heavy atom. The fourth-order valence-electron chi connectivity index (χ4n) is 2.07. The molecular formula is C15H15BrF2N2. The van der Waals surface area contributed by atoms with Crippen LogP contribution in [0.15, 0.2) is 34.8 Å². The number of rotatable bonds is 4. The van der Waals surface area contributed by atoms with E-state index in [-0.39, 0.29) is 22.5 Å². The third-order valence-electron chi connectivity index (χ3n) is 3.16. The van der Waals surface area contributed by atoms with Crippen molar-refractivity contribution < 1.29 is 8.78 Å². The highest BCUT2D eigenvalue weighted by Crippen LogP contribution is 2.26. The van der Waals surface area contributed by atoms with E-state index < -0.39 is 11.6 Å². The average molecular weight is 341 g/mol. The normalized spacial score (nSPS) is 12.4. The minimum absolute atomic E-state index is 0.0574.